The van der Waals surface area contributed by atoms with Crippen LogP contribution in [0.25, 0.3) is 10.2 Å². The van der Waals surface area contributed by atoms with E-state index in [1.165, 1.54) is 36.8 Å². The van der Waals surface area contributed by atoms with Gasteiger partial charge < -0.3 is 5.32 Å². The number of aromatic nitrogens is 2. The first kappa shape index (κ1) is 14.3. The van der Waals surface area contributed by atoms with Crippen molar-refractivity contribution in [2.45, 2.75) is 46.0 Å². The molecule has 4 heteroatoms. The molecule has 0 saturated heterocycles. The Kier molecular flexibility index (Phi) is 5.58. The summed E-state index contributed by atoms with van der Waals surface area (Å²) in [4.78, 5) is 8.57. The lowest BCUT2D eigenvalue weighted by atomic mass is 10.0. The average Bonchev–Trinajstić information content (AvgIpc) is 2.86. The van der Waals surface area contributed by atoms with Gasteiger partial charge in [0, 0.05) is 6.54 Å². The molecule has 0 aromatic carbocycles. The molecule has 0 unspecified atom stereocenters. The highest BCUT2D eigenvalue weighted by atomic mass is 32.1. The molecule has 0 aliphatic rings. The van der Waals surface area contributed by atoms with Crippen LogP contribution in [-0.2, 0) is 0 Å². The van der Waals surface area contributed by atoms with Gasteiger partial charge in [0.2, 0.25) is 0 Å². The summed E-state index contributed by atoms with van der Waals surface area (Å²) in [6.45, 7) is 5.59. The van der Waals surface area contributed by atoms with Gasteiger partial charge in [0.25, 0.3) is 0 Å². The third kappa shape index (κ3) is 4.46. The van der Waals surface area contributed by atoms with Gasteiger partial charge in [-0.2, -0.15) is 0 Å². The zero-order valence-electron chi connectivity index (χ0n) is 11.9. The monoisotopic (exact) mass is 277 g/mol. The Hall–Kier alpha value is -1.16. The number of unbranched alkanes of at least 4 members (excludes halogenated alkanes) is 3. The molecule has 0 bridgehead atoms. The van der Waals surface area contributed by atoms with Crippen molar-refractivity contribution < 1.29 is 0 Å². The molecule has 1 N–H and O–H groups in total. The Bertz CT molecular complexity index is 493. The highest BCUT2D eigenvalue weighted by Gasteiger charge is 2.03. The molecule has 3 nitrogen and oxygen atoms in total. The van der Waals surface area contributed by atoms with E-state index >= 15 is 0 Å². The maximum Gasteiger partial charge on any atom is 0.147 e. The summed E-state index contributed by atoms with van der Waals surface area (Å²) >= 11 is 1.70. The number of nitrogens with one attached hydrogen (secondary N) is 1. The van der Waals surface area contributed by atoms with Crippen LogP contribution in [0.15, 0.2) is 17.8 Å². The summed E-state index contributed by atoms with van der Waals surface area (Å²) in [5.74, 6) is 1.83. The summed E-state index contributed by atoms with van der Waals surface area (Å²) in [5, 5.41) is 5.50. The van der Waals surface area contributed by atoms with Crippen molar-refractivity contribution >= 4 is 27.4 Å². The van der Waals surface area contributed by atoms with Gasteiger partial charge in [0.05, 0.1) is 10.2 Å². The lowest BCUT2D eigenvalue weighted by Crippen LogP contribution is -2.03. The second-order valence-electron chi connectivity index (χ2n) is 5.38. The van der Waals surface area contributed by atoms with E-state index < -0.39 is 0 Å². The quantitative estimate of drug-likeness (QED) is 0.710. The minimum atomic E-state index is 0.839. The van der Waals surface area contributed by atoms with Gasteiger partial charge in [-0.05, 0) is 23.8 Å². The molecule has 0 amide bonds. The Balaban J connectivity index is 1.67. The fraction of sp³-hybridized carbons (Fsp3) is 0.600. The van der Waals surface area contributed by atoms with Gasteiger partial charge in [-0.3, -0.25) is 0 Å². The van der Waals surface area contributed by atoms with Gasteiger partial charge >= 0.3 is 0 Å². The first-order chi connectivity index (χ1) is 9.27. The number of anilines is 1. The molecule has 0 fully saturated rings. The van der Waals surface area contributed by atoms with Crippen molar-refractivity contribution in [1.82, 2.24) is 9.97 Å². The second kappa shape index (κ2) is 7.43. The largest absolute Gasteiger partial charge is 0.369 e. The highest BCUT2D eigenvalue weighted by molar-refractivity contribution is 7.17. The van der Waals surface area contributed by atoms with Gasteiger partial charge in [-0.25, -0.2) is 9.97 Å². The first-order valence-electron chi connectivity index (χ1n) is 7.19. The molecule has 0 saturated carbocycles. The molecule has 104 valence electrons. The third-order valence-corrected chi connectivity index (χ3v) is 4.15. The standard InChI is InChI=1S/C15H23N3S/c1-12(2)7-5-3-4-6-9-16-15-14-13(8-10-19-14)17-11-18-15/h8,10-12H,3-7,9H2,1-2H3,(H,16,17,18). The minimum Gasteiger partial charge on any atom is -0.369 e. The molecule has 0 aliphatic heterocycles. The summed E-state index contributed by atoms with van der Waals surface area (Å²) in [5.41, 5.74) is 1.04. The lowest BCUT2D eigenvalue weighted by molar-refractivity contribution is 0.523. The van der Waals surface area contributed by atoms with Crippen molar-refractivity contribution in [3.05, 3.63) is 17.8 Å². The van der Waals surface area contributed by atoms with Crippen molar-refractivity contribution in [1.29, 1.82) is 0 Å². The Morgan fingerprint density at radius 1 is 1.16 bits per heavy atom. The van der Waals surface area contributed by atoms with Crippen LogP contribution in [0, 0.1) is 5.92 Å². The topological polar surface area (TPSA) is 37.8 Å². The first-order valence-corrected chi connectivity index (χ1v) is 8.07. The van der Waals surface area contributed by atoms with Crippen molar-refractivity contribution in [2.24, 2.45) is 5.92 Å². The van der Waals surface area contributed by atoms with E-state index in [1.807, 2.05) is 6.07 Å². The van der Waals surface area contributed by atoms with Crippen LogP contribution < -0.4 is 5.32 Å². The predicted octanol–water partition coefficient (Wildman–Crippen LogP) is 4.71. The number of fused-ring (bicyclic) bond motifs is 1. The van der Waals surface area contributed by atoms with Crippen LogP contribution in [0.1, 0.15) is 46.0 Å². The predicted molar refractivity (Wildman–Crippen MR) is 83.8 cm³/mol. The van der Waals surface area contributed by atoms with E-state index in [4.69, 9.17) is 0 Å². The summed E-state index contributed by atoms with van der Waals surface area (Å²) in [6.07, 6.45) is 8.22. The van der Waals surface area contributed by atoms with E-state index in [9.17, 15) is 0 Å². The van der Waals surface area contributed by atoms with Gasteiger partial charge in [-0.15, -0.1) is 11.3 Å². The second-order valence-corrected chi connectivity index (χ2v) is 6.30. The van der Waals surface area contributed by atoms with Crippen molar-refractivity contribution in [2.75, 3.05) is 11.9 Å². The number of thiophene rings is 1. The minimum absolute atomic E-state index is 0.839. The molecular formula is C15H23N3S. The van der Waals surface area contributed by atoms with Crippen LogP contribution in [0.3, 0.4) is 0 Å². The molecule has 0 radical (unpaired) electrons. The molecular weight excluding hydrogens is 254 g/mol. The molecule has 2 rings (SSSR count). The normalized spacial score (nSPS) is 11.3. The summed E-state index contributed by atoms with van der Waals surface area (Å²) in [6, 6.07) is 2.04. The third-order valence-electron chi connectivity index (χ3n) is 3.24. The molecule has 2 heterocycles. The molecule has 2 aromatic heterocycles. The number of rotatable bonds is 8. The zero-order chi connectivity index (χ0) is 13.5. The van der Waals surface area contributed by atoms with E-state index in [0.29, 0.717) is 0 Å². The number of nitrogens with zero attached hydrogens (tertiary/aromatic N) is 2. The molecule has 2 aromatic rings. The lowest BCUT2D eigenvalue weighted by Gasteiger charge is -2.07. The highest BCUT2D eigenvalue weighted by Crippen LogP contribution is 2.24. The van der Waals surface area contributed by atoms with Crippen LogP contribution in [0.4, 0.5) is 5.82 Å². The Morgan fingerprint density at radius 3 is 2.84 bits per heavy atom. The van der Waals surface area contributed by atoms with E-state index in [1.54, 1.807) is 17.7 Å². The van der Waals surface area contributed by atoms with Gasteiger partial charge in [-0.1, -0.05) is 39.5 Å². The van der Waals surface area contributed by atoms with E-state index in [2.05, 4.69) is 34.5 Å². The maximum atomic E-state index is 4.32. The van der Waals surface area contributed by atoms with E-state index in [0.717, 1.165) is 23.8 Å². The Labute approximate surface area is 119 Å². The maximum absolute atomic E-state index is 4.32. The van der Waals surface area contributed by atoms with Gasteiger partial charge in [0.1, 0.15) is 12.1 Å². The van der Waals surface area contributed by atoms with Crippen LogP contribution in [0.5, 0.6) is 0 Å². The van der Waals surface area contributed by atoms with Crippen LogP contribution >= 0.6 is 11.3 Å². The fourth-order valence-electron chi connectivity index (χ4n) is 2.15. The van der Waals surface area contributed by atoms with Crippen molar-refractivity contribution in [3.8, 4) is 0 Å². The SMILES string of the molecule is CC(C)CCCCCCNc1ncnc2ccsc12. The van der Waals surface area contributed by atoms with Crippen molar-refractivity contribution in [3.63, 3.8) is 0 Å². The molecule has 0 atom stereocenters. The zero-order valence-corrected chi connectivity index (χ0v) is 12.7. The molecule has 0 spiro atoms. The molecule has 0 aliphatic carbocycles. The smallest absolute Gasteiger partial charge is 0.147 e. The van der Waals surface area contributed by atoms with Gasteiger partial charge in [0.15, 0.2) is 0 Å². The summed E-state index contributed by atoms with van der Waals surface area (Å²) in [7, 11) is 0. The number of hydrogen-bond acceptors (Lipinski definition) is 4. The summed E-state index contributed by atoms with van der Waals surface area (Å²) < 4.78 is 1.17. The van der Waals surface area contributed by atoms with Crippen LogP contribution in [0.2, 0.25) is 0 Å². The van der Waals surface area contributed by atoms with Crippen LogP contribution in [-0.4, -0.2) is 16.5 Å². The Morgan fingerprint density at radius 2 is 2.00 bits per heavy atom. The fourth-order valence-corrected chi connectivity index (χ4v) is 2.96. The average molecular weight is 277 g/mol. The number of hydrogen-bond donors (Lipinski definition) is 1. The van der Waals surface area contributed by atoms with E-state index in [-0.39, 0.29) is 0 Å². The molecule has 19 heavy (non-hydrogen) atoms.